The van der Waals surface area contributed by atoms with Crippen LogP contribution < -0.4 is 0 Å². The Morgan fingerprint density at radius 3 is 2.76 bits per heavy atom. The molecule has 2 aliphatic heterocycles. The van der Waals surface area contributed by atoms with Gasteiger partial charge in [0.2, 0.25) is 5.91 Å². The zero-order chi connectivity index (χ0) is 27.4. The average Bonchev–Trinajstić information content (AvgIpc) is 3.44. The highest BCUT2D eigenvalue weighted by Gasteiger charge is 2.41. The summed E-state index contributed by atoms with van der Waals surface area (Å²) in [6.45, 7) is 1.26. The van der Waals surface area contributed by atoms with Gasteiger partial charge in [-0.15, -0.1) is 11.3 Å². The lowest BCUT2D eigenvalue weighted by molar-refractivity contribution is -0.130. The molecule has 4 heterocycles. The van der Waals surface area contributed by atoms with Crippen LogP contribution in [0.1, 0.15) is 28.6 Å². The van der Waals surface area contributed by atoms with Gasteiger partial charge in [-0.25, -0.2) is 13.4 Å². The van der Waals surface area contributed by atoms with Gasteiger partial charge in [-0.1, -0.05) is 11.6 Å². The van der Waals surface area contributed by atoms with E-state index >= 15 is 0 Å². The summed E-state index contributed by atoms with van der Waals surface area (Å²) in [6, 6.07) is 4.01. The largest absolute Gasteiger partial charge is 0.505 e. The van der Waals surface area contributed by atoms with E-state index in [1.165, 1.54) is 14.1 Å². The van der Waals surface area contributed by atoms with E-state index in [4.69, 9.17) is 16.0 Å². The molecule has 1 atom stereocenters. The molecule has 2 amide bonds. The maximum atomic E-state index is 13.6. The Kier molecular flexibility index (Phi) is 7.16. The normalized spacial score (nSPS) is 19.1. The van der Waals surface area contributed by atoms with Crippen molar-refractivity contribution >= 4 is 54.9 Å². The van der Waals surface area contributed by atoms with Crippen molar-refractivity contribution in [1.82, 2.24) is 24.0 Å². The maximum absolute atomic E-state index is 13.6. The fourth-order valence-electron chi connectivity index (χ4n) is 4.74. The van der Waals surface area contributed by atoms with Gasteiger partial charge in [0.25, 0.3) is 15.9 Å². The summed E-state index contributed by atoms with van der Waals surface area (Å²) in [5, 5.41) is 11.6. The van der Waals surface area contributed by atoms with Crippen LogP contribution in [0.15, 0.2) is 26.8 Å². The second-order valence-corrected chi connectivity index (χ2v) is 13.4. The molecule has 5 rings (SSSR count). The molecule has 2 aliphatic rings. The number of fused-ring (bicyclic) bond motifs is 2. The van der Waals surface area contributed by atoms with Crippen molar-refractivity contribution in [1.29, 1.82) is 0 Å². The molecule has 1 fully saturated rings. The van der Waals surface area contributed by atoms with Gasteiger partial charge < -0.3 is 19.3 Å². The number of hydrogen-bond donors (Lipinski definition) is 1. The molecule has 2 aromatic heterocycles. The molecule has 204 valence electrons. The number of halogens is 1. The Balaban J connectivity index is 1.44. The molecular formula is C24H28ClN5O6S2. The van der Waals surface area contributed by atoms with Gasteiger partial charge in [0, 0.05) is 68.2 Å². The number of oxazole rings is 1. The van der Waals surface area contributed by atoms with Gasteiger partial charge in [0.05, 0.1) is 18.3 Å². The number of aromatic nitrogens is 1. The van der Waals surface area contributed by atoms with Crippen LogP contribution in [0.5, 0.6) is 5.75 Å². The fraction of sp³-hybridized carbons (Fsp3) is 0.458. The third kappa shape index (κ3) is 4.89. The van der Waals surface area contributed by atoms with E-state index in [1.807, 2.05) is 7.05 Å². The number of nitrogens with zero attached hydrogens (tertiary/aromatic N) is 5. The molecule has 1 saturated heterocycles. The summed E-state index contributed by atoms with van der Waals surface area (Å²) in [5.41, 5.74) is 0.744. The molecule has 0 bridgehead atoms. The Labute approximate surface area is 229 Å². The molecule has 3 aromatic rings. The second-order valence-electron chi connectivity index (χ2n) is 9.76. The van der Waals surface area contributed by atoms with Gasteiger partial charge in [0.1, 0.15) is 5.76 Å². The van der Waals surface area contributed by atoms with Crippen molar-refractivity contribution in [3.63, 3.8) is 0 Å². The minimum Gasteiger partial charge on any atom is -0.505 e. The topological polar surface area (TPSA) is 128 Å². The molecule has 14 heteroatoms. The molecule has 0 radical (unpaired) electrons. The maximum Gasteiger partial charge on any atom is 0.310 e. The van der Waals surface area contributed by atoms with Crippen molar-refractivity contribution in [3.8, 4) is 5.75 Å². The van der Waals surface area contributed by atoms with E-state index in [1.54, 1.807) is 32.3 Å². The third-order valence-corrected chi connectivity index (χ3v) is 10.6. The smallest absolute Gasteiger partial charge is 0.310 e. The van der Waals surface area contributed by atoms with E-state index in [0.29, 0.717) is 33.8 Å². The van der Waals surface area contributed by atoms with Crippen molar-refractivity contribution in [2.75, 3.05) is 47.3 Å². The molecular weight excluding hydrogens is 554 g/mol. The first kappa shape index (κ1) is 26.9. The molecule has 11 nitrogen and oxygen atoms in total. The van der Waals surface area contributed by atoms with Crippen LogP contribution in [0.3, 0.4) is 0 Å². The Hall–Kier alpha value is -2.71. The molecule has 38 heavy (non-hydrogen) atoms. The van der Waals surface area contributed by atoms with Crippen LogP contribution in [0, 0.1) is 0 Å². The van der Waals surface area contributed by atoms with Gasteiger partial charge in [-0.05, 0) is 25.2 Å². The van der Waals surface area contributed by atoms with Crippen molar-refractivity contribution < 1.29 is 27.5 Å². The number of benzene rings is 1. The van der Waals surface area contributed by atoms with Crippen molar-refractivity contribution in [2.45, 2.75) is 29.6 Å². The lowest BCUT2D eigenvalue weighted by Gasteiger charge is -2.40. The quantitative estimate of drug-likeness (QED) is 0.486. The molecule has 0 spiro atoms. The van der Waals surface area contributed by atoms with Crippen LogP contribution >= 0.6 is 22.9 Å². The number of thiophene rings is 1. The number of carbonyl (C=O) groups excluding carboxylic acids is 2. The van der Waals surface area contributed by atoms with Crippen LogP contribution in [0.2, 0.25) is 5.02 Å². The zero-order valence-corrected chi connectivity index (χ0v) is 23.6. The number of sulfonamides is 1. The number of aromatic hydroxyl groups is 1. The number of carbonyl (C=O) groups is 2. The first-order valence-corrected chi connectivity index (χ1v) is 14.7. The van der Waals surface area contributed by atoms with Gasteiger partial charge >= 0.3 is 5.91 Å². The van der Waals surface area contributed by atoms with E-state index in [-0.39, 0.29) is 47.8 Å². The monoisotopic (exact) mass is 581 g/mol. The summed E-state index contributed by atoms with van der Waals surface area (Å²) in [5.74, 6) is -0.473. The predicted molar refractivity (Wildman–Crippen MR) is 142 cm³/mol. The number of likely N-dealkylation sites (N-methyl/N-ethyl adjacent to an activating group) is 1. The third-order valence-electron chi connectivity index (χ3n) is 6.89. The molecule has 1 aromatic carbocycles. The highest BCUT2D eigenvalue weighted by Crippen LogP contribution is 2.42. The first-order valence-electron chi connectivity index (χ1n) is 12.0. The Bertz CT molecular complexity index is 1520. The lowest BCUT2D eigenvalue weighted by atomic mass is 10.1. The number of rotatable bonds is 5. The van der Waals surface area contributed by atoms with Crippen LogP contribution in [-0.4, -0.2) is 103 Å². The van der Waals surface area contributed by atoms with Gasteiger partial charge in [0.15, 0.2) is 9.96 Å². The second kappa shape index (κ2) is 10.1. The van der Waals surface area contributed by atoms with Crippen LogP contribution in [-0.2, 0) is 27.8 Å². The summed E-state index contributed by atoms with van der Waals surface area (Å²) in [7, 11) is 1.03. The lowest BCUT2D eigenvalue weighted by Crippen LogP contribution is -2.57. The van der Waals surface area contributed by atoms with E-state index in [9.17, 15) is 23.1 Å². The highest BCUT2D eigenvalue weighted by atomic mass is 35.5. The number of piperazine rings is 1. The van der Waals surface area contributed by atoms with Crippen molar-refractivity contribution in [2.24, 2.45) is 0 Å². The van der Waals surface area contributed by atoms with Gasteiger partial charge in [-0.3, -0.25) is 14.5 Å². The van der Waals surface area contributed by atoms with Crippen LogP contribution in [0.25, 0.3) is 10.1 Å². The molecule has 0 saturated carbocycles. The summed E-state index contributed by atoms with van der Waals surface area (Å²) in [6.07, 6.45) is 0.586. The number of amides is 2. The SMILES string of the molecule is CN1CCc2nc(C(=O)N3CCN(S(=O)(=O)c4sc5cc(Cl)ccc5c4O)CC3CC(=O)N(C)C)oc2C1. The summed E-state index contributed by atoms with van der Waals surface area (Å²) in [4.78, 5) is 35.5. The first-order chi connectivity index (χ1) is 18.0. The molecule has 0 aliphatic carbocycles. The number of hydrogen-bond acceptors (Lipinski definition) is 9. The minimum absolute atomic E-state index is 0.0155. The Morgan fingerprint density at radius 2 is 2.03 bits per heavy atom. The zero-order valence-electron chi connectivity index (χ0n) is 21.2. The van der Waals surface area contributed by atoms with Crippen LogP contribution in [0.4, 0.5) is 0 Å². The average molecular weight is 582 g/mol. The standard InChI is InChI=1S/C24H28ClN5O6S2/c1-27(2)20(31)11-15-12-29(38(34,35)24-21(32)16-5-4-14(25)10-19(16)37-24)8-9-30(15)23(33)22-26-17-6-7-28(3)13-18(17)36-22/h4-5,10,15,32H,6-9,11-13H2,1-3H3. The fourth-order valence-corrected chi connectivity index (χ4v) is 8.12. The highest BCUT2D eigenvalue weighted by molar-refractivity contribution is 7.91. The molecule has 1 unspecified atom stereocenters. The Morgan fingerprint density at radius 1 is 1.26 bits per heavy atom. The summed E-state index contributed by atoms with van der Waals surface area (Å²) < 4.78 is 34.7. The minimum atomic E-state index is -4.13. The molecule has 1 N–H and O–H groups in total. The van der Waals surface area contributed by atoms with E-state index in [2.05, 4.69) is 9.88 Å². The van der Waals surface area contributed by atoms with Crippen molar-refractivity contribution in [3.05, 3.63) is 40.6 Å². The summed E-state index contributed by atoms with van der Waals surface area (Å²) >= 11 is 6.98. The van der Waals surface area contributed by atoms with Gasteiger partial charge in [-0.2, -0.15) is 4.31 Å². The van der Waals surface area contributed by atoms with E-state index < -0.39 is 22.0 Å². The van der Waals surface area contributed by atoms with E-state index in [0.717, 1.165) is 23.6 Å². The predicted octanol–water partition coefficient (Wildman–Crippen LogP) is 2.23.